The summed E-state index contributed by atoms with van der Waals surface area (Å²) in [6.07, 6.45) is 9.29. The molecule has 3 N–H and O–H groups in total. The SMILES string of the molecule is O=C(Nc1ccc(N2CCNCC2)nc1)c1n[nH]c2ccc(C3=CN=CC(CN4CCCC4)C3)cc12. The number of fused-ring (bicyclic) bond motifs is 1. The Morgan fingerprint density at radius 1 is 1.08 bits per heavy atom. The summed E-state index contributed by atoms with van der Waals surface area (Å²) in [5.41, 5.74) is 4.16. The number of anilines is 2. The van der Waals surface area contributed by atoms with Crippen LogP contribution in [0.15, 0.2) is 47.7 Å². The molecule has 1 amide bonds. The lowest BCUT2D eigenvalue weighted by Gasteiger charge is -2.28. The van der Waals surface area contributed by atoms with Crippen LogP contribution in [0.3, 0.4) is 0 Å². The van der Waals surface area contributed by atoms with Gasteiger partial charge in [-0.05, 0) is 67.8 Å². The summed E-state index contributed by atoms with van der Waals surface area (Å²) in [4.78, 5) is 27.0. The highest BCUT2D eigenvalue weighted by molar-refractivity contribution is 6.11. The maximum atomic E-state index is 13.1. The van der Waals surface area contributed by atoms with Crippen LogP contribution in [0.25, 0.3) is 16.5 Å². The number of nitrogens with one attached hydrogen (secondary N) is 3. The second kappa shape index (κ2) is 10.2. The normalized spacial score (nSPS) is 20.6. The predicted octanol–water partition coefficient (Wildman–Crippen LogP) is 3.15. The molecule has 3 aromatic rings. The molecule has 5 heterocycles. The van der Waals surface area contributed by atoms with Gasteiger partial charge in [-0.15, -0.1) is 0 Å². The quantitative estimate of drug-likeness (QED) is 0.497. The number of piperazine rings is 1. The third-order valence-electron chi connectivity index (χ3n) is 7.30. The third-order valence-corrected chi connectivity index (χ3v) is 7.30. The summed E-state index contributed by atoms with van der Waals surface area (Å²) < 4.78 is 0. The highest BCUT2D eigenvalue weighted by Gasteiger charge is 2.21. The number of pyridine rings is 1. The lowest BCUT2D eigenvalue weighted by atomic mass is 9.92. The maximum absolute atomic E-state index is 13.1. The van der Waals surface area contributed by atoms with E-state index in [1.165, 1.54) is 31.5 Å². The van der Waals surface area contributed by atoms with Crippen molar-refractivity contribution in [3.05, 3.63) is 54.0 Å². The topological polar surface area (TPSA) is 102 Å². The van der Waals surface area contributed by atoms with E-state index in [0.29, 0.717) is 17.3 Å². The van der Waals surface area contributed by atoms with Gasteiger partial charge in [0.15, 0.2) is 5.69 Å². The average molecular weight is 485 g/mol. The van der Waals surface area contributed by atoms with Crippen molar-refractivity contribution in [2.45, 2.75) is 19.3 Å². The van der Waals surface area contributed by atoms with Crippen molar-refractivity contribution < 1.29 is 4.79 Å². The van der Waals surface area contributed by atoms with Gasteiger partial charge in [-0.25, -0.2) is 4.98 Å². The van der Waals surface area contributed by atoms with Crippen LogP contribution >= 0.6 is 0 Å². The summed E-state index contributed by atoms with van der Waals surface area (Å²) in [5, 5.41) is 14.4. The van der Waals surface area contributed by atoms with E-state index in [0.717, 1.165) is 61.4 Å². The van der Waals surface area contributed by atoms with Gasteiger partial charge < -0.3 is 20.4 Å². The van der Waals surface area contributed by atoms with E-state index < -0.39 is 0 Å². The molecule has 0 saturated carbocycles. The van der Waals surface area contributed by atoms with E-state index >= 15 is 0 Å². The standard InChI is InChI=1S/C27H32N8O/c36-27(31-22-4-6-25(30-17-22)35-11-7-28-8-12-35)26-23-14-20(3-5-24(23)32-33-26)21-13-19(15-29-16-21)18-34-9-1-2-10-34/h3-6,14-17,19,28H,1-2,7-13,18H2,(H,31,36)(H,32,33). The molecule has 0 bridgehead atoms. The minimum absolute atomic E-state index is 0.252. The number of aromatic amines is 1. The van der Waals surface area contributed by atoms with Crippen molar-refractivity contribution in [2.24, 2.45) is 10.9 Å². The Balaban J connectivity index is 1.16. The smallest absolute Gasteiger partial charge is 0.276 e. The zero-order valence-corrected chi connectivity index (χ0v) is 20.4. The van der Waals surface area contributed by atoms with E-state index in [1.54, 1.807) is 6.20 Å². The number of allylic oxidation sites excluding steroid dienone is 1. The number of H-pyrrole nitrogens is 1. The molecule has 9 heteroatoms. The number of carbonyl (C=O) groups excluding carboxylic acids is 1. The molecule has 1 unspecified atom stereocenters. The van der Waals surface area contributed by atoms with E-state index in [4.69, 9.17) is 0 Å². The van der Waals surface area contributed by atoms with Gasteiger partial charge in [0, 0.05) is 56.4 Å². The third kappa shape index (κ3) is 4.89. The van der Waals surface area contributed by atoms with Gasteiger partial charge in [0.25, 0.3) is 5.91 Å². The van der Waals surface area contributed by atoms with Crippen LogP contribution in [0.5, 0.6) is 0 Å². The number of benzene rings is 1. The van der Waals surface area contributed by atoms with Crippen molar-refractivity contribution in [1.29, 1.82) is 0 Å². The molecule has 0 aliphatic carbocycles. The van der Waals surface area contributed by atoms with Crippen molar-refractivity contribution >= 4 is 40.1 Å². The van der Waals surface area contributed by atoms with E-state index in [-0.39, 0.29) is 5.91 Å². The average Bonchev–Trinajstić information content (AvgIpc) is 3.59. The van der Waals surface area contributed by atoms with Gasteiger partial charge in [-0.1, -0.05) is 6.07 Å². The van der Waals surface area contributed by atoms with E-state index in [9.17, 15) is 4.79 Å². The molecular weight excluding hydrogens is 452 g/mol. The number of likely N-dealkylation sites (tertiary alicyclic amines) is 1. The van der Waals surface area contributed by atoms with Gasteiger partial charge >= 0.3 is 0 Å². The molecule has 1 aromatic carbocycles. The van der Waals surface area contributed by atoms with Crippen molar-refractivity contribution in [3.8, 4) is 0 Å². The maximum Gasteiger partial charge on any atom is 0.276 e. The first-order valence-electron chi connectivity index (χ1n) is 12.9. The van der Waals surface area contributed by atoms with Crippen molar-refractivity contribution in [3.63, 3.8) is 0 Å². The lowest BCUT2D eigenvalue weighted by molar-refractivity contribution is 0.102. The van der Waals surface area contributed by atoms with Gasteiger partial charge in [0.2, 0.25) is 0 Å². The Bertz CT molecular complexity index is 1280. The number of hydrogen-bond donors (Lipinski definition) is 3. The van der Waals surface area contributed by atoms with Crippen LogP contribution in [0, 0.1) is 5.92 Å². The van der Waals surface area contributed by atoms with Crippen LogP contribution in [-0.4, -0.2) is 78.0 Å². The second-order valence-corrected chi connectivity index (χ2v) is 9.85. The highest BCUT2D eigenvalue weighted by Crippen LogP contribution is 2.29. The summed E-state index contributed by atoms with van der Waals surface area (Å²) in [5.74, 6) is 1.09. The summed E-state index contributed by atoms with van der Waals surface area (Å²) in [6, 6.07) is 9.98. The van der Waals surface area contributed by atoms with E-state index in [2.05, 4.69) is 59.0 Å². The molecular formula is C27H32N8O. The molecule has 36 heavy (non-hydrogen) atoms. The number of aromatic nitrogens is 3. The molecule has 186 valence electrons. The second-order valence-electron chi connectivity index (χ2n) is 9.85. The summed E-state index contributed by atoms with van der Waals surface area (Å²) in [6.45, 7) is 7.22. The molecule has 2 fully saturated rings. The predicted molar refractivity (Wildman–Crippen MR) is 144 cm³/mol. The number of aliphatic imine (C=N–C) groups is 1. The monoisotopic (exact) mass is 484 g/mol. The first kappa shape index (κ1) is 22.9. The molecule has 2 aromatic heterocycles. The Morgan fingerprint density at radius 3 is 2.75 bits per heavy atom. The fourth-order valence-electron chi connectivity index (χ4n) is 5.36. The largest absolute Gasteiger partial charge is 0.354 e. The Kier molecular flexibility index (Phi) is 6.48. The molecule has 9 nitrogen and oxygen atoms in total. The van der Waals surface area contributed by atoms with E-state index in [1.807, 2.05) is 24.4 Å². The van der Waals surface area contributed by atoms with Gasteiger partial charge in [-0.3, -0.25) is 14.9 Å². The van der Waals surface area contributed by atoms with Crippen molar-refractivity contribution in [2.75, 3.05) is 56.0 Å². The first-order chi connectivity index (χ1) is 17.7. The first-order valence-corrected chi connectivity index (χ1v) is 12.9. The Morgan fingerprint density at radius 2 is 1.94 bits per heavy atom. The Hall–Kier alpha value is -3.56. The fourth-order valence-corrected chi connectivity index (χ4v) is 5.36. The number of amides is 1. The molecule has 0 spiro atoms. The van der Waals surface area contributed by atoms with Gasteiger partial charge in [0.05, 0.1) is 17.4 Å². The van der Waals surface area contributed by atoms with Crippen LogP contribution < -0.4 is 15.5 Å². The molecule has 3 aliphatic rings. The molecule has 0 radical (unpaired) electrons. The van der Waals surface area contributed by atoms with Crippen LogP contribution in [0.1, 0.15) is 35.3 Å². The number of nitrogens with zero attached hydrogens (tertiary/aromatic N) is 5. The molecule has 3 aliphatic heterocycles. The van der Waals surface area contributed by atoms with Crippen LogP contribution in [0.2, 0.25) is 0 Å². The zero-order chi connectivity index (χ0) is 24.3. The summed E-state index contributed by atoms with van der Waals surface area (Å²) in [7, 11) is 0. The van der Waals surface area contributed by atoms with Crippen LogP contribution in [0.4, 0.5) is 11.5 Å². The zero-order valence-electron chi connectivity index (χ0n) is 20.4. The Labute approximate surface area is 210 Å². The number of rotatable bonds is 6. The lowest BCUT2D eigenvalue weighted by Crippen LogP contribution is -2.43. The molecule has 1 atom stereocenters. The molecule has 6 rings (SSSR count). The minimum atomic E-state index is -0.252. The number of carbonyl (C=O) groups is 1. The molecule has 2 saturated heterocycles. The van der Waals surface area contributed by atoms with Gasteiger partial charge in [-0.2, -0.15) is 5.10 Å². The van der Waals surface area contributed by atoms with Crippen LogP contribution in [-0.2, 0) is 0 Å². The highest BCUT2D eigenvalue weighted by atomic mass is 16.1. The summed E-state index contributed by atoms with van der Waals surface area (Å²) >= 11 is 0. The van der Waals surface area contributed by atoms with Crippen molar-refractivity contribution in [1.82, 2.24) is 25.4 Å². The number of hydrogen-bond acceptors (Lipinski definition) is 7. The minimum Gasteiger partial charge on any atom is -0.354 e. The van der Waals surface area contributed by atoms with Gasteiger partial charge in [0.1, 0.15) is 5.82 Å². The fraction of sp³-hybridized carbons (Fsp3) is 0.407.